The summed E-state index contributed by atoms with van der Waals surface area (Å²) in [5.41, 5.74) is -0.0493. The Morgan fingerprint density at radius 2 is 1.50 bits per heavy atom. The molecule has 1 aliphatic carbocycles. The molecule has 1 aliphatic rings. The topological polar surface area (TPSA) is 108 Å². The predicted molar refractivity (Wildman–Crippen MR) is 111 cm³/mol. The molecule has 168 valence electrons. The lowest BCUT2D eigenvalue weighted by Gasteiger charge is -2.39. The van der Waals surface area contributed by atoms with E-state index in [9.17, 15) is 23.6 Å². The molecule has 1 saturated carbocycles. The number of rotatable bonds is 7. The van der Waals surface area contributed by atoms with Gasteiger partial charge in [0.05, 0.1) is 30.8 Å². The molecule has 0 atom stereocenters. The fourth-order valence-electron chi connectivity index (χ4n) is 3.55. The summed E-state index contributed by atoms with van der Waals surface area (Å²) < 4.78 is 27.8. The number of benzene rings is 2. The van der Waals surface area contributed by atoms with Crippen molar-refractivity contribution in [2.45, 2.75) is 24.7 Å². The van der Waals surface area contributed by atoms with Gasteiger partial charge in [-0.3, -0.25) is 9.59 Å². The van der Waals surface area contributed by atoms with Crippen LogP contribution < -0.4 is 5.32 Å². The highest BCUT2D eigenvalue weighted by Gasteiger charge is 2.47. The summed E-state index contributed by atoms with van der Waals surface area (Å²) in [5.74, 6) is -3.04. The SMILES string of the molecule is COC(=O)c1cc(NC(=O)COC(=O)C2(c3ccc(F)cc3)CCC2)cc(C(=O)OC)c1. The van der Waals surface area contributed by atoms with Crippen LogP contribution in [-0.4, -0.2) is 44.6 Å². The standard InChI is InChI=1S/C23H22FNO7/c1-30-20(27)14-10-15(21(28)31-2)12-18(11-14)25-19(26)13-32-22(29)23(8-3-9-23)16-4-6-17(24)7-5-16/h4-7,10-12H,3,8-9,13H2,1-2H3,(H,25,26). The summed E-state index contributed by atoms with van der Waals surface area (Å²) >= 11 is 0. The van der Waals surface area contributed by atoms with Gasteiger partial charge < -0.3 is 19.5 Å². The van der Waals surface area contributed by atoms with Gasteiger partial charge in [0.15, 0.2) is 6.61 Å². The molecule has 0 aromatic heterocycles. The van der Waals surface area contributed by atoms with E-state index in [1.54, 1.807) is 12.1 Å². The van der Waals surface area contributed by atoms with Crippen LogP contribution in [0, 0.1) is 5.82 Å². The average molecular weight is 443 g/mol. The third-order valence-corrected chi connectivity index (χ3v) is 5.39. The van der Waals surface area contributed by atoms with Gasteiger partial charge in [-0.2, -0.15) is 0 Å². The average Bonchev–Trinajstić information content (AvgIpc) is 2.76. The van der Waals surface area contributed by atoms with Crippen molar-refractivity contribution in [1.82, 2.24) is 0 Å². The minimum atomic E-state index is -0.892. The summed E-state index contributed by atoms with van der Waals surface area (Å²) in [5, 5.41) is 2.49. The van der Waals surface area contributed by atoms with Gasteiger partial charge in [0.1, 0.15) is 5.82 Å². The Kier molecular flexibility index (Phi) is 6.87. The number of esters is 3. The third kappa shape index (κ3) is 4.77. The van der Waals surface area contributed by atoms with Crippen molar-refractivity contribution in [3.05, 3.63) is 65.0 Å². The Morgan fingerprint density at radius 1 is 0.938 bits per heavy atom. The molecule has 3 rings (SSSR count). The van der Waals surface area contributed by atoms with E-state index in [-0.39, 0.29) is 16.8 Å². The molecule has 2 aromatic rings. The van der Waals surface area contributed by atoms with Crippen molar-refractivity contribution in [1.29, 1.82) is 0 Å². The molecule has 0 bridgehead atoms. The van der Waals surface area contributed by atoms with Crippen LogP contribution in [-0.2, 0) is 29.2 Å². The second-order valence-electron chi connectivity index (χ2n) is 7.35. The first-order valence-corrected chi connectivity index (χ1v) is 9.84. The van der Waals surface area contributed by atoms with E-state index >= 15 is 0 Å². The Hall–Kier alpha value is -3.75. The maximum atomic E-state index is 13.2. The molecule has 32 heavy (non-hydrogen) atoms. The first-order chi connectivity index (χ1) is 15.3. The van der Waals surface area contributed by atoms with Crippen molar-refractivity contribution < 1.29 is 37.8 Å². The highest BCUT2D eigenvalue weighted by molar-refractivity contribution is 6.00. The van der Waals surface area contributed by atoms with Crippen molar-refractivity contribution >= 4 is 29.5 Å². The van der Waals surface area contributed by atoms with Crippen LogP contribution in [0.15, 0.2) is 42.5 Å². The highest BCUT2D eigenvalue weighted by atomic mass is 19.1. The Bertz CT molecular complexity index is 1010. The van der Waals surface area contributed by atoms with E-state index in [1.807, 2.05) is 0 Å². The quantitative estimate of drug-likeness (QED) is 0.518. The second-order valence-corrected chi connectivity index (χ2v) is 7.35. The first kappa shape index (κ1) is 22.9. The first-order valence-electron chi connectivity index (χ1n) is 9.84. The zero-order chi connectivity index (χ0) is 23.3. The summed E-state index contributed by atoms with van der Waals surface area (Å²) in [6.45, 7) is -0.572. The number of hydrogen-bond donors (Lipinski definition) is 1. The molecule has 1 N–H and O–H groups in total. The van der Waals surface area contributed by atoms with Crippen LogP contribution in [0.3, 0.4) is 0 Å². The van der Waals surface area contributed by atoms with E-state index in [2.05, 4.69) is 14.8 Å². The molecule has 0 heterocycles. The van der Waals surface area contributed by atoms with E-state index in [1.165, 1.54) is 44.6 Å². The summed E-state index contributed by atoms with van der Waals surface area (Å²) in [7, 11) is 2.37. The van der Waals surface area contributed by atoms with Gasteiger partial charge in [0.2, 0.25) is 0 Å². The van der Waals surface area contributed by atoms with Gasteiger partial charge in [0, 0.05) is 5.69 Å². The smallest absolute Gasteiger partial charge is 0.337 e. The molecule has 2 aromatic carbocycles. The molecule has 0 saturated heterocycles. The van der Waals surface area contributed by atoms with Crippen molar-refractivity contribution in [3.63, 3.8) is 0 Å². The molecule has 1 fully saturated rings. The van der Waals surface area contributed by atoms with Crippen molar-refractivity contribution in [2.75, 3.05) is 26.1 Å². The minimum absolute atomic E-state index is 0.0347. The molecule has 1 amide bonds. The Balaban J connectivity index is 1.69. The fraction of sp³-hybridized carbons (Fsp3) is 0.304. The number of methoxy groups -OCH3 is 2. The Morgan fingerprint density at radius 3 is 1.97 bits per heavy atom. The fourth-order valence-corrected chi connectivity index (χ4v) is 3.55. The van der Waals surface area contributed by atoms with Crippen LogP contribution >= 0.6 is 0 Å². The van der Waals surface area contributed by atoms with E-state index in [4.69, 9.17) is 4.74 Å². The zero-order valence-electron chi connectivity index (χ0n) is 17.6. The zero-order valence-corrected chi connectivity index (χ0v) is 17.6. The largest absolute Gasteiger partial charge is 0.465 e. The summed E-state index contributed by atoms with van der Waals surface area (Å²) in [4.78, 5) is 48.8. The van der Waals surface area contributed by atoms with Crippen LogP contribution in [0.2, 0.25) is 0 Å². The number of amides is 1. The van der Waals surface area contributed by atoms with Crippen molar-refractivity contribution in [2.24, 2.45) is 0 Å². The number of ether oxygens (including phenoxy) is 3. The Labute approximate surface area is 183 Å². The third-order valence-electron chi connectivity index (χ3n) is 5.39. The molecular formula is C23H22FNO7. The molecule has 9 heteroatoms. The molecule has 0 aliphatic heterocycles. The van der Waals surface area contributed by atoms with Crippen molar-refractivity contribution in [3.8, 4) is 0 Å². The molecular weight excluding hydrogens is 421 g/mol. The highest BCUT2D eigenvalue weighted by Crippen LogP contribution is 2.44. The summed E-state index contributed by atoms with van der Waals surface area (Å²) in [6, 6.07) is 9.57. The normalized spacial score (nSPS) is 14.0. The maximum absolute atomic E-state index is 13.2. The lowest BCUT2D eigenvalue weighted by molar-refractivity contribution is -0.156. The van der Waals surface area contributed by atoms with E-state index < -0.39 is 41.7 Å². The monoisotopic (exact) mass is 443 g/mol. The number of carbonyl (C=O) groups is 4. The van der Waals surface area contributed by atoms with Gasteiger partial charge in [0.25, 0.3) is 5.91 Å². The number of carbonyl (C=O) groups excluding carboxylic acids is 4. The molecule has 8 nitrogen and oxygen atoms in total. The minimum Gasteiger partial charge on any atom is -0.465 e. The molecule has 0 unspecified atom stereocenters. The van der Waals surface area contributed by atoms with Crippen LogP contribution in [0.5, 0.6) is 0 Å². The number of nitrogens with one attached hydrogen (secondary N) is 1. The van der Waals surface area contributed by atoms with Gasteiger partial charge in [-0.25, -0.2) is 14.0 Å². The van der Waals surface area contributed by atoms with Gasteiger partial charge in [-0.05, 0) is 48.7 Å². The van der Waals surface area contributed by atoms with E-state index in [0.29, 0.717) is 18.4 Å². The number of hydrogen-bond acceptors (Lipinski definition) is 7. The second kappa shape index (κ2) is 9.59. The van der Waals surface area contributed by atoms with Crippen LogP contribution in [0.4, 0.5) is 10.1 Å². The number of anilines is 1. The van der Waals surface area contributed by atoms with Crippen LogP contribution in [0.1, 0.15) is 45.5 Å². The van der Waals surface area contributed by atoms with Crippen LogP contribution in [0.25, 0.3) is 0 Å². The molecule has 0 radical (unpaired) electrons. The van der Waals surface area contributed by atoms with Gasteiger partial charge in [-0.1, -0.05) is 18.6 Å². The number of halogens is 1. The maximum Gasteiger partial charge on any atom is 0.337 e. The lowest BCUT2D eigenvalue weighted by atomic mass is 9.64. The van der Waals surface area contributed by atoms with Gasteiger partial charge in [-0.15, -0.1) is 0 Å². The molecule has 0 spiro atoms. The lowest BCUT2D eigenvalue weighted by Crippen LogP contribution is -2.44. The predicted octanol–water partition coefficient (Wildman–Crippen LogP) is 3.00. The van der Waals surface area contributed by atoms with E-state index in [0.717, 1.165) is 6.42 Å². The van der Waals surface area contributed by atoms with Gasteiger partial charge >= 0.3 is 17.9 Å². The summed E-state index contributed by atoms with van der Waals surface area (Å²) in [6.07, 6.45) is 1.90.